The molecule has 9 aromatic rings. The fourth-order valence-electron chi connectivity index (χ4n) is 6.64. The monoisotopic (exact) mass is 535 g/mol. The van der Waals surface area contributed by atoms with Crippen molar-refractivity contribution in [2.24, 2.45) is 0 Å². The van der Waals surface area contributed by atoms with Gasteiger partial charge in [0.05, 0.1) is 22.2 Å². The van der Waals surface area contributed by atoms with Crippen LogP contribution in [0, 0.1) is 0 Å². The Balaban J connectivity index is 1.37. The molecule has 0 atom stereocenters. The van der Waals surface area contributed by atoms with Crippen molar-refractivity contribution < 1.29 is 0 Å². The molecule has 0 fully saturated rings. The molecule has 6 aromatic carbocycles. The average Bonchev–Trinajstić information content (AvgIpc) is 3.58. The van der Waals surface area contributed by atoms with Crippen molar-refractivity contribution in [1.29, 1.82) is 0 Å². The molecule has 0 amide bonds. The van der Waals surface area contributed by atoms with Crippen LogP contribution in [0.15, 0.2) is 152 Å². The molecule has 9 rings (SSSR count). The molecule has 0 aliphatic carbocycles. The first-order valence-electron chi connectivity index (χ1n) is 14.3. The third kappa shape index (κ3) is 3.31. The van der Waals surface area contributed by atoms with Gasteiger partial charge in [0, 0.05) is 38.5 Å². The molecule has 0 aliphatic rings. The van der Waals surface area contributed by atoms with Crippen molar-refractivity contribution in [2.75, 3.05) is 0 Å². The van der Waals surface area contributed by atoms with Gasteiger partial charge in [-0.2, -0.15) is 0 Å². The second kappa shape index (κ2) is 8.92. The molecule has 0 unspecified atom stereocenters. The summed E-state index contributed by atoms with van der Waals surface area (Å²) in [6.45, 7) is 0. The third-order valence-electron chi connectivity index (χ3n) is 8.50. The average molecular weight is 536 g/mol. The van der Waals surface area contributed by atoms with Crippen LogP contribution in [0.5, 0.6) is 0 Å². The number of para-hydroxylation sites is 4. The normalized spacial score (nSPS) is 11.8. The molecule has 0 bridgehead atoms. The van der Waals surface area contributed by atoms with Gasteiger partial charge in [0.15, 0.2) is 0 Å². The zero-order valence-corrected chi connectivity index (χ0v) is 22.8. The van der Waals surface area contributed by atoms with Gasteiger partial charge in [-0.25, -0.2) is 4.98 Å². The van der Waals surface area contributed by atoms with Gasteiger partial charge in [-0.15, -0.1) is 0 Å². The van der Waals surface area contributed by atoms with Crippen LogP contribution in [0.1, 0.15) is 0 Å². The van der Waals surface area contributed by atoms with E-state index in [2.05, 4.69) is 161 Å². The van der Waals surface area contributed by atoms with Crippen LogP contribution in [-0.4, -0.2) is 14.1 Å². The van der Waals surface area contributed by atoms with Crippen molar-refractivity contribution >= 4 is 54.5 Å². The summed E-state index contributed by atoms with van der Waals surface area (Å²) in [6.07, 6.45) is 0. The van der Waals surface area contributed by atoms with E-state index < -0.39 is 0 Å². The highest BCUT2D eigenvalue weighted by Crippen LogP contribution is 2.39. The highest BCUT2D eigenvalue weighted by molar-refractivity contribution is 6.14. The van der Waals surface area contributed by atoms with Crippen LogP contribution in [0.25, 0.3) is 77.1 Å². The first-order chi connectivity index (χ1) is 20.8. The number of aromatic nitrogens is 3. The first-order valence-corrected chi connectivity index (χ1v) is 14.3. The van der Waals surface area contributed by atoms with Gasteiger partial charge in [-0.3, -0.25) is 4.57 Å². The van der Waals surface area contributed by atoms with Gasteiger partial charge >= 0.3 is 0 Å². The molecule has 3 heteroatoms. The Bertz CT molecular complexity index is 2460. The molecular weight excluding hydrogens is 510 g/mol. The Kier molecular flexibility index (Phi) is 4.90. The second-order valence-electron chi connectivity index (χ2n) is 10.8. The van der Waals surface area contributed by atoms with Crippen LogP contribution < -0.4 is 0 Å². The fourth-order valence-corrected chi connectivity index (χ4v) is 6.64. The summed E-state index contributed by atoms with van der Waals surface area (Å²) < 4.78 is 4.69. The van der Waals surface area contributed by atoms with Gasteiger partial charge in [0.1, 0.15) is 5.65 Å². The molecular formula is C39H25N3. The van der Waals surface area contributed by atoms with E-state index in [-0.39, 0.29) is 0 Å². The molecule has 0 saturated heterocycles. The number of pyridine rings is 1. The Morgan fingerprint density at radius 1 is 0.405 bits per heavy atom. The minimum atomic E-state index is 0.956. The van der Waals surface area contributed by atoms with Gasteiger partial charge < -0.3 is 4.57 Å². The number of hydrogen-bond acceptors (Lipinski definition) is 1. The third-order valence-corrected chi connectivity index (χ3v) is 8.50. The Morgan fingerprint density at radius 2 is 1.07 bits per heavy atom. The maximum absolute atomic E-state index is 5.41. The van der Waals surface area contributed by atoms with Crippen LogP contribution in [0.2, 0.25) is 0 Å². The lowest BCUT2D eigenvalue weighted by Gasteiger charge is -2.13. The van der Waals surface area contributed by atoms with Crippen molar-refractivity contribution in [2.45, 2.75) is 0 Å². The summed E-state index contributed by atoms with van der Waals surface area (Å²) in [5.41, 5.74) is 8.81. The fraction of sp³-hybridized carbons (Fsp3) is 0. The highest BCUT2D eigenvalue weighted by Gasteiger charge is 2.19. The van der Waals surface area contributed by atoms with E-state index >= 15 is 0 Å². The lowest BCUT2D eigenvalue weighted by atomic mass is 10.0. The number of nitrogens with zero attached hydrogens (tertiary/aromatic N) is 3. The molecule has 0 radical (unpaired) electrons. The Labute approximate surface area is 242 Å². The SMILES string of the molecule is c1ccc(-n2c3ccccc3c3ccc(-c4cccc5c6ccccc6n(-c6ccc7ccccc7c6)c45)nc32)cc1. The molecule has 0 N–H and O–H groups in total. The van der Waals surface area contributed by atoms with Crippen LogP contribution in [0.4, 0.5) is 0 Å². The lowest BCUT2D eigenvalue weighted by Crippen LogP contribution is -1.98. The van der Waals surface area contributed by atoms with Crippen molar-refractivity contribution in [3.8, 4) is 22.6 Å². The molecule has 0 spiro atoms. The first kappa shape index (κ1) is 23.1. The van der Waals surface area contributed by atoms with Gasteiger partial charge in [0.2, 0.25) is 0 Å². The quantitative estimate of drug-likeness (QED) is 0.221. The Hall–Kier alpha value is -5.67. The maximum atomic E-state index is 5.41. The summed E-state index contributed by atoms with van der Waals surface area (Å²) in [5.74, 6) is 0. The summed E-state index contributed by atoms with van der Waals surface area (Å²) >= 11 is 0. The van der Waals surface area contributed by atoms with Gasteiger partial charge in [-0.1, -0.05) is 103 Å². The van der Waals surface area contributed by atoms with Gasteiger partial charge in [0.25, 0.3) is 0 Å². The summed E-state index contributed by atoms with van der Waals surface area (Å²) in [7, 11) is 0. The molecule has 3 aromatic heterocycles. The van der Waals surface area contributed by atoms with Crippen LogP contribution in [-0.2, 0) is 0 Å². The molecule has 42 heavy (non-hydrogen) atoms. The molecule has 3 nitrogen and oxygen atoms in total. The largest absolute Gasteiger partial charge is 0.309 e. The van der Waals surface area contributed by atoms with Crippen molar-refractivity contribution in [3.05, 3.63) is 152 Å². The zero-order valence-electron chi connectivity index (χ0n) is 22.8. The highest BCUT2D eigenvalue weighted by atomic mass is 15.1. The predicted octanol–water partition coefficient (Wildman–Crippen LogP) is 10.1. The summed E-state index contributed by atoms with van der Waals surface area (Å²) in [4.78, 5) is 5.41. The van der Waals surface area contributed by atoms with E-state index in [1.807, 2.05) is 0 Å². The van der Waals surface area contributed by atoms with Crippen LogP contribution >= 0.6 is 0 Å². The molecule has 3 heterocycles. The number of benzene rings is 6. The van der Waals surface area contributed by atoms with E-state index in [1.165, 1.54) is 38.0 Å². The number of fused-ring (bicyclic) bond motifs is 7. The summed E-state index contributed by atoms with van der Waals surface area (Å²) in [5, 5.41) is 7.29. The minimum absolute atomic E-state index is 0.956. The predicted molar refractivity (Wildman–Crippen MR) is 176 cm³/mol. The number of rotatable bonds is 3. The van der Waals surface area contributed by atoms with E-state index in [1.54, 1.807) is 0 Å². The standard InChI is InChI=1S/C39H25N3/c1-2-13-28(14-3-1)42-37-20-9-7-16-31(37)33-23-24-35(40-39(33)42)34-18-10-17-32-30-15-6-8-19-36(30)41(38(32)34)29-22-21-26-11-4-5-12-27(26)25-29/h1-25H. The Morgan fingerprint density at radius 3 is 1.90 bits per heavy atom. The van der Waals surface area contributed by atoms with E-state index in [0.29, 0.717) is 0 Å². The second-order valence-corrected chi connectivity index (χ2v) is 10.8. The smallest absolute Gasteiger partial charge is 0.146 e. The van der Waals surface area contributed by atoms with Crippen molar-refractivity contribution in [1.82, 2.24) is 14.1 Å². The van der Waals surface area contributed by atoms with E-state index in [4.69, 9.17) is 4.98 Å². The van der Waals surface area contributed by atoms with E-state index in [0.717, 1.165) is 39.2 Å². The lowest BCUT2D eigenvalue weighted by molar-refractivity contribution is 1.14. The minimum Gasteiger partial charge on any atom is -0.309 e. The molecule has 0 aliphatic heterocycles. The van der Waals surface area contributed by atoms with Gasteiger partial charge in [-0.05, 0) is 59.3 Å². The van der Waals surface area contributed by atoms with Crippen molar-refractivity contribution in [3.63, 3.8) is 0 Å². The molecule has 0 saturated carbocycles. The molecule has 196 valence electrons. The topological polar surface area (TPSA) is 22.8 Å². The van der Waals surface area contributed by atoms with Crippen LogP contribution in [0.3, 0.4) is 0 Å². The maximum Gasteiger partial charge on any atom is 0.146 e. The number of hydrogen-bond donors (Lipinski definition) is 0. The van der Waals surface area contributed by atoms with E-state index in [9.17, 15) is 0 Å². The summed E-state index contributed by atoms with van der Waals surface area (Å²) in [6, 6.07) is 54.1. The zero-order chi connectivity index (χ0) is 27.6.